The van der Waals surface area contributed by atoms with E-state index < -0.39 is 30.0 Å². The molecule has 0 bridgehead atoms. The van der Waals surface area contributed by atoms with E-state index in [1.807, 2.05) is 60.6 Å². The summed E-state index contributed by atoms with van der Waals surface area (Å²) in [6.07, 6.45) is 1.20. The fraction of sp³-hybridized carbons (Fsp3) is 0.556. The van der Waals surface area contributed by atoms with E-state index in [-0.39, 0.29) is 0 Å². The first-order chi connectivity index (χ1) is 11.8. The number of carbonyl (C=O) groups excluding carboxylic acids is 1. The van der Waals surface area contributed by atoms with Gasteiger partial charge in [0.25, 0.3) is 0 Å². The standard InChI is InChI=1S/C18H24BBrN2O4/c1-16(2,3)24-15(23)22-13-8-11(20)10-21-12(13)9-14(22)19-25-17(4,5)18(6,7)26-19/h8-10H,1-7H3. The van der Waals surface area contributed by atoms with Gasteiger partial charge >= 0.3 is 13.2 Å². The highest BCUT2D eigenvalue weighted by molar-refractivity contribution is 9.10. The Morgan fingerprint density at radius 2 is 1.77 bits per heavy atom. The van der Waals surface area contributed by atoms with E-state index in [0.717, 1.165) is 4.47 Å². The van der Waals surface area contributed by atoms with Crippen LogP contribution < -0.4 is 5.59 Å². The van der Waals surface area contributed by atoms with Crippen molar-refractivity contribution in [3.63, 3.8) is 0 Å². The zero-order chi connectivity index (χ0) is 19.5. The minimum absolute atomic E-state index is 0.489. The second-order valence-electron chi connectivity index (χ2n) is 8.53. The molecule has 3 heterocycles. The molecular formula is C18H24BBrN2O4. The minimum atomic E-state index is -0.694. The van der Waals surface area contributed by atoms with Crippen molar-refractivity contribution in [3.8, 4) is 0 Å². The Kier molecular flexibility index (Phi) is 4.53. The van der Waals surface area contributed by atoms with Gasteiger partial charge in [-0.25, -0.2) is 4.79 Å². The molecule has 2 aromatic rings. The van der Waals surface area contributed by atoms with Gasteiger partial charge in [0.2, 0.25) is 0 Å². The molecule has 0 N–H and O–H groups in total. The molecule has 1 aliphatic rings. The zero-order valence-electron chi connectivity index (χ0n) is 16.2. The van der Waals surface area contributed by atoms with Gasteiger partial charge in [0.05, 0.1) is 27.8 Å². The molecule has 1 fully saturated rings. The fourth-order valence-corrected chi connectivity index (χ4v) is 3.04. The Morgan fingerprint density at radius 3 is 2.31 bits per heavy atom. The van der Waals surface area contributed by atoms with Crippen molar-refractivity contribution < 1.29 is 18.8 Å². The van der Waals surface area contributed by atoms with E-state index in [0.29, 0.717) is 16.6 Å². The van der Waals surface area contributed by atoms with Gasteiger partial charge in [-0.2, -0.15) is 0 Å². The molecule has 8 heteroatoms. The number of pyridine rings is 1. The highest BCUT2D eigenvalue weighted by atomic mass is 79.9. The van der Waals surface area contributed by atoms with Gasteiger partial charge in [0.1, 0.15) is 5.60 Å². The van der Waals surface area contributed by atoms with Crippen LogP contribution in [0.2, 0.25) is 0 Å². The van der Waals surface area contributed by atoms with Gasteiger partial charge in [0.15, 0.2) is 0 Å². The molecule has 0 atom stereocenters. The van der Waals surface area contributed by atoms with E-state index in [9.17, 15) is 4.79 Å². The van der Waals surface area contributed by atoms with Crippen LogP contribution in [0.25, 0.3) is 11.0 Å². The third-order valence-electron chi connectivity index (χ3n) is 4.72. The normalized spacial score (nSPS) is 19.2. The molecule has 3 rings (SSSR count). The molecule has 26 heavy (non-hydrogen) atoms. The van der Waals surface area contributed by atoms with Crippen molar-refractivity contribution in [3.05, 3.63) is 22.8 Å². The van der Waals surface area contributed by atoms with Crippen molar-refractivity contribution in [2.24, 2.45) is 0 Å². The number of fused-ring (bicyclic) bond motifs is 1. The molecule has 0 radical (unpaired) electrons. The Labute approximate surface area is 162 Å². The van der Waals surface area contributed by atoms with Crippen LogP contribution in [0.3, 0.4) is 0 Å². The summed E-state index contributed by atoms with van der Waals surface area (Å²) < 4.78 is 20.1. The van der Waals surface area contributed by atoms with Crippen LogP contribution in [-0.2, 0) is 14.0 Å². The SMILES string of the molecule is CC(C)(C)OC(=O)n1c(B2OC(C)(C)C(C)(C)O2)cc2ncc(Br)cc21. The first-order valence-electron chi connectivity index (χ1n) is 8.57. The van der Waals surface area contributed by atoms with Crippen molar-refractivity contribution in [1.82, 2.24) is 9.55 Å². The lowest BCUT2D eigenvalue weighted by Crippen LogP contribution is -2.43. The average molecular weight is 423 g/mol. The first kappa shape index (κ1) is 19.4. The van der Waals surface area contributed by atoms with E-state index in [4.69, 9.17) is 14.0 Å². The molecule has 140 valence electrons. The number of halogens is 1. The van der Waals surface area contributed by atoms with Crippen molar-refractivity contribution in [1.29, 1.82) is 0 Å². The maximum absolute atomic E-state index is 12.9. The molecule has 0 spiro atoms. The number of rotatable bonds is 1. The second kappa shape index (κ2) is 6.07. The lowest BCUT2D eigenvalue weighted by Gasteiger charge is -2.32. The Bertz CT molecular complexity index is 854. The molecule has 0 aromatic carbocycles. The Balaban J connectivity index is 2.14. The maximum Gasteiger partial charge on any atom is 0.513 e. The van der Waals surface area contributed by atoms with E-state index in [2.05, 4.69) is 20.9 Å². The number of nitrogens with zero attached hydrogens (tertiary/aromatic N) is 2. The lowest BCUT2D eigenvalue weighted by atomic mass is 9.84. The Morgan fingerprint density at radius 1 is 1.19 bits per heavy atom. The van der Waals surface area contributed by atoms with Crippen LogP contribution in [-0.4, -0.2) is 39.6 Å². The lowest BCUT2D eigenvalue weighted by molar-refractivity contribution is 0.00578. The third kappa shape index (κ3) is 3.42. The quantitative estimate of drug-likeness (QED) is 0.652. The second-order valence-corrected chi connectivity index (χ2v) is 9.45. The molecule has 2 aromatic heterocycles. The summed E-state index contributed by atoms with van der Waals surface area (Å²) in [5.74, 6) is 0. The summed E-state index contributed by atoms with van der Waals surface area (Å²) >= 11 is 3.42. The first-order valence-corrected chi connectivity index (χ1v) is 9.36. The topological polar surface area (TPSA) is 62.6 Å². The monoisotopic (exact) mass is 422 g/mol. The average Bonchev–Trinajstić information content (AvgIpc) is 2.91. The zero-order valence-corrected chi connectivity index (χ0v) is 17.8. The number of hydrogen-bond donors (Lipinski definition) is 0. The predicted molar refractivity (Wildman–Crippen MR) is 105 cm³/mol. The van der Waals surface area contributed by atoms with Crippen molar-refractivity contribution in [2.45, 2.75) is 65.3 Å². The largest absolute Gasteiger partial charge is 0.513 e. The molecule has 1 aliphatic heterocycles. The molecule has 0 amide bonds. The molecule has 0 unspecified atom stereocenters. The van der Waals surface area contributed by atoms with Crippen molar-refractivity contribution >= 4 is 45.8 Å². The molecular weight excluding hydrogens is 399 g/mol. The Hall–Kier alpha value is -1.38. The predicted octanol–water partition coefficient (Wildman–Crippen LogP) is 3.88. The summed E-state index contributed by atoms with van der Waals surface area (Å²) in [4.78, 5) is 17.3. The van der Waals surface area contributed by atoms with Crippen molar-refractivity contribution in [2.75, 3.05) is 0 Å². The highest BCUT2D eigenvalue weighted by Crippen LogP contribution is 2.37. The molecule has 1 saturated heterocycles. The van der Waals surface area contributed by atoms with Gasteiger partial charge < -0.3 is 14.0 Å². The summed E-state index contributed by atoms with van der Waals surface area (Å²) in [7, 11) is -0.694. The van der Waals surface area contributed by atoms with E-state index >= 15 is 0 Å². The van der Waals surface area contributed by atoms with Crippen LogP contribution in [0.15, 0.2) is 22.8 Å². The van der Waals surface area contributed by atoms with Gasteiger partial charge in [0, 0.05) is 10.7 Å². The number of ether oxygens (including phenoxy) is 1. The number of carbonyl (C=O) groups is 1. The van der Waals surface area contributed by atoms with Crippen LogP contribution in [0, 0.1) is 0 Å². The number of hydrogen-bond acceptors (Lipinski definition) is 5. The van der Waals surface area contributed by atoms with Crippen LogP contribution >= 0.6 is 15.9 Å². The van der Waals surface area contributed by atoms with Gasteiger partial charge in [-0.1, -0.05) is 0 Å². The smallest absolute Gasteiger partial charge is 0.443 e. The summed E-state index contributed by atoms with van der Waals surface area (Å²) in [6, 6.07) is 3.65. The fourth-order valence-electron chi connectivity index (χ4n) is 2.72. The third-order valence-corrected chi connectivity index (χ3v) is 5.15. The maximum atomic E-state index is 12.9. The molecule has 0 aliphatic carbocycles. The molecule has 0 saturated carbocycles. The minimum Gasteiger partial charge on any atom is -0.443 e. The van der Waals surface area contributed by atoms with Crippen LogP contribution in [0.4, 0.5) is 4.79 Å². The summed E-state index contributed by atoms with van der Waals surface area (Å²) in [5.41, 5.74) is 0.225. The highest BCUT2D eigenvalue weighted by Gasteiger charge is 2.53. The van der Waals surface area contributed by atoms with Gasteiger partial charge in [-0.3, -0.25) is 9.55 Å². The van der Waals surface area contributed by atoms with E-state index in [1.165, 1.54) is 4.57 Å². The summed E-state index contributed by atoms with van der Waals surface area (Å²) in [6.45, 7) is 13.4. The van der Waals surface area contributed by atoms with Crippen LogP contribution in [0.5, 0.6) is 0 Å². The van der Waals surface area contributed by atoms with E-state index in [1.54, 1.807) is 6.20 Å². The number of aromatic nitrogens is 2. The summed E-state index contributed by atoms with van der Waals surface area (Å²) in [5, 5.41) is 0. The van der Waals surface area contributed by atoms with Gasteiger partial charge in [-0.05, 0) is 76.5 Å². The van der Waals surface area contributed by atoms with Gasteiger partial charge in [-0.15, -0.1) is 0 Å². The van der Waals surface area contributed by atoms with Crippen LogP contribution in [0.1, 0.15) is 48.5 Å². The molecule has 6 nitrogen and oxygen atoms in total.